The van der Waals surface area contributed by atoms with Crippen molar-refractivity contribution in [3.05, 3.63) is 128 Å². The minimum absolute atomic E-state index is 0.965. The second kappa shape index (κ2) is 7.62. The van der Waals surface area contributed by atoms with E-state index >= 15 is 0 Å². The molecule has 3 aromatic heterocycles. The molecule has 0 radical (unpaired) electrons. The molecule has 3 nitrogen and oxygen atoms in total. The largest absolute Gasteiger partial charge is 0.292 e. The highest BCUT2D eigenvalue weighted by Gasteiger charge is 2.17. The molecule has 9 aromatic rings. The molecule has 0 N–H and O–H groups in total. The Bertz CT molecular complexity index is 2450. The number of hydrogen-bond acceptors (Lipinski definition) is 2. The van der Waals surface area contributed by atoms with Gasteiger partial charge in [-0.1, -0.05) is 84.9 Å². The van der Waals surface area contributed by atoms with Crippen LogP contribution in [0.2, 0.25) is 0 Å². The molecule has 0 saturated carbocycles. The molecule has 6 aromatic carbocycles. The summed E-state index contributed by atoms with van der Waals surface area (Å²) in [6, 6.07) is 43.5. The maximum Gasteiger partial charge on any atom is 0.146 e. The average Bonchev–Trinajstić information content (AvgIpc) is 3.40. The first-order chi connectivity index (χ1) is 19.3. The van der Waals surface area contributed by atoms with Crippen LogP contribution in [0.25, 0.3) is 81.9 Å². The molecule has 39 heavy (non-hydrogen) atoms. The third-order valence-electron chi connectivity index (χ3n) is 8.16. The SMILES string of the molecule is c1ccc2c(c1)cc(-c1ccc3c4c(ccc5cccnc54)c4nc5ccccc5n4c3c1)c1ccccc12. The molecular formula is C36H21N3. The maximum absolute atomic E-state index is 5.13. The van der Waals surface area contributed by atoms with Gasteiger partial charge in [0.1, 0.15) is 5.65 Å². The molecule has 0 unspecified atom stereocenters. The van der Waals surface area contributed by atoms with Gasteiger partial charge < -0.3 is 0 Å². The van der Waals surface area contributed by atoms with Gasteiger partial charge in [-0.25, -0.2) is 4.98 Å². The highest BCUT2D eigenvalue weighted by Crippen LogP contribution is 2.40. The summed E-state index contributed by atoms with van der Waals surface area (Å²) >= 11 is 0. The Morgan fingerprint density at radius 2 is 1.28 bits per heavy atom. The summed E-state index contributed by atoms with van der Waals surface area (Å²) in [5.41, 5.74) is 7.65. The van der Waals surface area contributed by atoms with Crippen LogP contribution in [-0.2, 0) is 0 Å². The van der Waals surface area contributed by atoms with Crippen LogP contribution in [0.3, 0.4) is 0 Å². The third kappa shape index (κ3) is 2.82. The van der Waals surface area contributed by atoms with E-state index in [2.05, 4.69) is 120 Å². The first-order valence-electron chi connectivity index (χ1n) is 13.3. The molecule has 0 aliphatic rings. The fourth-order valence-electron chi connectivity index (χ4n) is 6.44. The van der Waals surface area contributed by atoms with E-state index in [1.807, 2.05) is 12.3 Å². The number of rotatable bonds is 1. The zero-order valence-corrected chi connectivity index (χ0v) is 21.0. The lowest BCUT2D eigenvalue weighted by atomic mass is 9.92. The van der Waals surface area contributed by atoms with Crippen molar-refractivity contribution < 1.29 is 0 Å². The van der Waals surface area contributed by atoms with Crippen molar-refractivity contribution in [3.63, 3.8) is 0 Å². The standard InChI is InChI=1S/C36H21N3/c1-2-10-25-23(8-1)20-30(27-12-4-3-11-26(25)27)24-16-17-28-33(21-24)39-32-14-6-5-13-31(32)38-36(39)29-18-15-22-9-7-19-37-35(22)34(28)29/h1-21H. The number of imidazole rings is 1. The summed E-state index contributed by atoms with van der Waals surface area (Å²) < 4.78 is 2.33. The van der Waals surface area contributed by atoms with Crippen molar-refractivity contribution in [3.8, 4) is 11.1 Å². The fraction of sp³-hybridized carbons (Fsp3) is 0. The van der Waals surface area contributed by atoms with Gasteiger partial charge in [0.2, 0.25) is 0 Å². The molecule has 0 aliphatic heterocycles. The van der Waals surface area contributed by atoms with E-state index in [1.165, 1.54) is 38.1 Å². The van der Waals surface area contributed by atoms with Crippen LogP contribution >= 0.6 is 0 Å². The molecule has 3 heteroatoms. The van der Waals surface area contributed by atoms with Gasteiger partial charge in [0.25, 0.3) is 0 Å². The van der Waals surface area contributed by atoms with Crippen LogP contribution in [0.4, 0.5) is 0 Å². The number of aromatic nitrogens is 3. The summed E-state index contributed by atoms with van der Waals surface area (Å²) in [5, 5.41) is 9.65. The van der Waals surface area contributed by atoms with E-state index < -0.39 is 0 Å². The molecule has 0 fully saturated rings. The van der Waals surface area contributed by atoms with Gasteiger partial charge >= 0.3 is 0 Å². The Morgan fingerprint density at radius 1 is 0.513 bits per heavy atom. The average molecular weight is 496 g/mol. The van der Waals surface area contributed by atoms with E-state index in [0.29, 0.717) is 0 Å². The van der Waals surface area contributed by atoms with Crippen LogP contribution in [0.5, 0.6) is 0 Å². The van der Waals surface area contributed by atoms with E-state index in [0.717, 1.165) is 43.9 Å². The van der Waals surface area contributed by atoms with Gasteiger partial charge in [0, 0.05) is 27.7 Å². The number of para-hydroxylation sites is 2. The highest BCUT2D eigenvalue weighted by atomic mass is 15.0. The van der Waals surface area contributed by atoms with Crippen molar-refractivity contribution in [2.45, 2.75) is 0 Å². The quantitative estimate of drug-likeness (QED) is 0.212. The van der Waals surface area contributed by atoms with Crippen molar-refractivity contribution >= 4 is 70.8 Å². The summed E-state index contributed by atoms with van der Waals surface area (Å²) in [6.07, 6.45) is 1.88. The predicted molar refractivity (Wildman–Crippen MR) is 163 cm³/mol. The second-order valence-electron chi connectivity index (χ2n) is 10.2. The van der Waals surface area contributed by atoms with Gasteiger partial charge in [-0.2, -0.15) is 0 Å². The molecule has 0 aliphatic carbocycles. The zero-order valence-electron chi connectivity index (χ0n) is 21.0. The lowest BCUT2D eigenvalue weighted by Gasteiger charge is -2.14. The summed E-state index contributed by atoms with van der Waals surface area (Å²) in [7, 11) is 0. The smallest absolute Gasteiger partial charge is 0.146 e. The van der Waals surface area contributed by atoms with Crippen molar-refractivity contribution in [2.24, 2.45) is 0 Å². The van der Waals surface area contributed by atoms with Crippen molar-refractivity contribution in [1.82, 2.24) is 14.4 Å². The first kappa shape index (κ1) is 20.7. The molecule has 9 rings (SSSR count). The topological polar surface area (TPSA) is 30.2 Å². The van der Waals surface area contributed by atoms with E-state index in [1.54, 1.807) is 0 Å². The Morgan fingerprint density at radius 3 is 2.23 bits per heavy atom. The number of pyridine rings is 2. The second-order valence-corrected chi connectivity index (χ2v) is 10.2. The molecule has 0 spiro atoms. The Hall–Kier alpha value is -5.28. The monoisotopic (exact) mass is 495 g/mol. The summed E-state index contributed by atoms with van der Waals surface area (Å²) in [6.45, 7) is 0. The van der Waals surface area contributed by atoms with Gasteiger partial charge in [0.15, 0.2) is 0 Å². The van der Waals surface area contributed by atoms with Crippen LogP contribution in [-0.4, -0.2) is 14.4 Å². The minimum atomic E-state index is 0.965. The van der Waals surface area contributed by atoms with Crippen molar-refractivity contribution in [2.75, 3.05) is 0 Å². The van der Waals surface area contributed by atoms with Crippen LogP contribution < -0.4 is 0 Å². The first-order valence-corrected chi connectivity index (χ1v) is 13.3. The fourth-order valence-corrected chi connectivity index (χ4v) is 6.44. The van der Waals surface area contributed by atoms with Gasteiger partial charge in [-0.3, -0.25) is 9.38 Å². The number of hydrogen-bond donors (Lipinski definition) is 0. The lowest BCUT2D eigenvalue weighted by Crippen LogP contribution is -1.94. The van der Waals surface area contributed by atoms with Gasteiger partial charge in [-0.15, -0.1) is 0 Å². The number of fused-ring (bicyclic) bond motifs is 13. The Balaban J connectivity index is 1.49. The molecule has 180 valence electrons. The number of nitrogens with zero attached hydrogens (tertiary/aromatic N) is 3. The van der Waals surface area contributed by atoms with E-state index in [9.17, 15) is 0 Å². The van der Waals surface area contributed by atoms with Gasteiger partial charge in [0.05, 0.1) is 22.1 Å². The highest BCUT2D eigenvalue weighted by molar-refractivity contribution is 6.23. The Labute approximate surface area is 223 Å². The third-order valence-corrected chi connectivity index (χ3v) is 8.16. The van der Waals surface area contributed by atoms with Crippen LogP contribution in [0.15, 0.2) is 128 Å². The molecule has 0 atom stereocenters. The summed E-state index contributed by atoms with van der Waals surface area (Å²) in [5.74, 6) is 0. The zero-order chi connectivity index (χ0) is 25.5. The number of benzene rings is 6. The van der Waals surface area contributed by atoms with E-state index in [4.69, 9.17) is 9.97 Å². The van der Waals surface area contributed by atoms with Crippen LogP contribution in [0, 0.1) is 0 Å². The van der Waals surface area contributed by atoms with E-state index in [-0.39, 0.29) is 0 Å². The summed E-state index contributed by atoms with van der Waals surface area (Å²) in [4.78, 5) is 9.97. The molecule has 0 bridgehead atoms. The predicted octanol–water partition coefficient (Wildman–Crippen LogP) is 9.32. The minimum Gasteiger partial charge on any atom is -0.292 e. The van der Waals surface area contributed by atoms with Crippen molar-refractivity contribution in [1.29, 1.82) is 0 Å². The molecule has 0 saturated heterocycles. The lowest BCUT2D eigenvalue weighted by molar-refractivity contribution is 1.31. The molecular weight excluding hydrogens is 474 g/mol. The van der Waals surface area contributed by atoms with Crippen LogP contribution in [0.1, 0.15) is 0 Å². The molecule has 0 amide bonds. The molecule has 3 heterocycles. The Kier molecular flexibility index (Phi) is 4.05. The maximum atomic E-state index is 5.13. The van der Waals surface area contributed by atoms with Gasteiger partial charge in [-0.05, 0) is 69.1 Å². The normalized spacial score (nSPS) is 12.1.